The van der Waals surface area contributed by atoms with Gasteiger partial charge >= 0.3 is 0 Å². The van der Waals surface area contributed by atoms with Crippen LogP contribution in [0.2, 0.25) is 0 Å². The average molecular weight is 197 g/mol. The molecule has 0 aliphatic carbocycles. The van der Waals surface area contributed by atoms with Gasteiger partial charge in [-0.2, -0.15) is 5.26 Å². The van der Waals surface area contributed by atoms with Crippen molar-refractivity contribution < 1.29 is 4.74 Å². The van der Waals surface area contributed by atoms with Crippen molar-refractivity contribution in [2.24, 2.45) is 5.92 Å². The molecule has 0 radical (unpaired) electrons. The SMILES string of the molecule is CN(C)CC(C#N)CN1CCOCC1. The van der Waals surface area contributed by atoms with Crippen LogP contribution in [0, 0.1) is 17.2 Å². The van der Waals surface area contributed by atoms with Gasteiger partial charge in [0.2, 0.25) is 0 Å². The Balaban J connectivity index is 2.28. The van der Waals surface area contributed by atoms with Crippen molar-refractivity contribution in [3.05, 3.63) is 0 Å². The first-order valence-corrected chi connectivity index (χ1v) is 5.07. The van der Waals surface area contributed by atoms with E-state index in [0.717, 1.165) is 39.4 Å². The Morgan fingerprint density at radius 2 is 2.07 bits per heavy atom. The lowest BCUT2D eigenvalue weighted by molar-refractivity contribution is 0.0325. The molecule has 0 amide bonds. The van der Waals surface area contributed by atoms with Gasteiger partial charge in [0, 0.05) is 26.2 Å². The maximum atomic E-state index is 8.97. The zero-order chi connectivity index (χ0) is 10.4. The van der Waals surface area contributed by atoms with Gasteiger partial charge in [-0.1, -0.05) is 0 Å². The number of hydrogen-bond acceptors (Lipinski definition) is 4. The lowest BCUT2D eigenvalue weighted by atomic mass is 10.1. The van der Waals surface area contributed by atoms with Crippen molar-refractivity contribution in [3.8, 4) is 6.07 Å². The number of nitrogens with zero attached hydrogens (tertiary/aromatic N) is 3. The molecule has 4 nitrogen and oxygen atoms in total. The molecule has 1 heterocycles. The van der Waals surface area contributed by atoms with Crippen molar-refractivity contribution in [1.82, 2.24) is 9.80 Å². The minimum atomic E-state index is 0.114. The van der Waals surface area contributed by atoms with Crippen LogP contribution in [0.15, 0.2) is 0 Å². The number of ether oxygens (including phenoxy) is 1. The van der Waals surface area contributed by atoms with Gasteiger partial charge in [-0.15, -0.1) is 0 Å². The van der Waals surface area contributed by atoms with E-state index >= 15 is 0 Å². The van der Waals surface area contributed by atoms with Crippen LogP contribution >= 0.6 is 0 Å². The Bertz CT molecular complexity index is 194. The largest absolute Gasteiger partial charge is 0.379 e. The molecule has 0 spiro atoms. The Labute approximate surface area is 86.0 Å². The van der Waals surface area contributed by atoms with E-state index in [-0.39, 0.29) is 5.92 Å². The summed E-state index contributed by atoms with van der Waals surface area (Å²) >= 11 is 0. The first kappa shape index (κ1) is 11.4. The zero-order valence-electron chi connectivity index (χ0n) is 9.07. The molecule has 1 saturated heterocycles. The van der Waals surface area contributed by atoms with Crippen LogP contribution in [0.25, 0.3) is 0 Å². The number of nitriles is 1. The van der Waals surface area contributed by atoms with Crippen molar-refractivity contribution in [2.45, 2.75) is 0 Å². The van der Waals surface area contributed by atoms with Gasteiger partial charge in [0.05, 0.1) is 25.2 Å². The molecular formula is C10H19N3O. The van der Waals surface area contributed by atoms with E-state index in [4.69, 9.17) is 10.00 Å². The van der Waals surface area contributed by atoms with Crippen LogP contribution in [0.1, 0.15) is 0 Å². The molecule has 1 unspecified atom stereocenters. The van der Waals surface area contributed by atoms with Gasteiger partial charge in [0.15, 0.2) is 0 Å². The predicted octanol–water partition coefficient (Wildman–Crippen LogP) is 0.0200. The van der Waals surface area contributed by atoms with Gasteiger partial charge in [0.25, 0.3) is 0 Å². The third kappa shape index (κ3) is 4.05. The molecule has 1 atom stereocenters. The summed E-state index contributed by atoms with van der Waals surface area (Å²) in [5.41, 5.74) is 0. The molecule has 0 aromatic rings. The molecular weight excluding hydrogens is 178 g/mol. The Hall–Kier alpha value is -0.630. The Morgan fingerprint density at radius 3 is 2.57 bits per heavy atom. The van der Waals surface area contributed by atoms with Crippen LogP contribution in [-0.4, -0.2) is 63.3 Å². The quantitative estimate of drug-likeness (QED) is 0.637. The predicted molar refractivity (Wildman–Crippen MR) is 54.9 cm³/mol. The van der Waals surface area contributed by atoms with Crippen LogP contribution in [0.5, 0.6) is 0 Å². The Morgan fingerprint density at radius 1 is 1.43 bits per heavy atom. The molecule has 0 saturated carbocycles. The van der Waals surface area contributed by atoms with E-state index in [0.29, 0.717) is 0 Å². The van der Waals surface area contributed by atoms with Crippen LogP contribution in [0.4, 0.5) is 0 Å². The van der Waals surface area contributed by atoms with E-state index in [1.165, 1.54) is 0 Å². The lowest BCUT2D eigenvalue weighted by Crippen LogP contribution is -2.41. The molecule has 1 fully saturated rings. The normalized spacial score (nSPS) is 20.7. The molecule has 0 N–H and O–H groups in total. The topological polar surface area (TPSA) is 39.5 Å². The fourth-order valence-electron chi connectivity index (χ4n) is 1.68. The fraction of sp³-hybridized carbons (Fsp3) is 0.900. The van der Waals surface area contributed by atoms with E-state index in [2.05, 4.69) is 15.9 Å². The fourth-order valence-corrected chi connectivity index (χ4v) is 1.68. The summed E-state index contributed by atoms with van der Waals surface area (Å²) < 4.78 is 5.26. The second-order valence-electron chi connectivity index (χ2n) is 4.00. The summed E-state index contributed by atoms with van der Waals surface area (Å²) in [4.78, 5) is 4.37. The smallest absolute Gasteiger partial charge is 0.0717 e. The van der Waals surface area contributed by atoms with Crippen LogP contribution in [0.3, 0.4) is 0 Å². The summed E-state index contributed by atoms with van der Waals surface area (Å²) in [6.45, 7) is 5.25. The number of rotatable bonds is 4. The summed E-state index contributed by atoms with van der Waals surface area (Å²) in [5, 5.41) is 8.97. The van der Waals surface area contributed by atoms with Gasteiger partial charge < -0.3 is 9.64 Å². The van der Waals surface area contributed by atoms with Crippen LogP contribution < -0.4 is 0 Å². The standard InChI is InChI=1S/C10H19N3O/c1-12(2)8-10(7-11)9-13-3-5-14-6-4-13/h10H,3-6,8-9H2,1-2H3. The van der Waals surface area contributed by atoms with Gasteiger partial charge in [-0.05, 0) is 14.1 Å². The molecule has 4 heteroatoms. The third-order valence-corrected chi connectivity index (χ3v) is 2.35. The molecule has 1 aliphatic rings. The number of hydrogen-bond donors (Lipinski definition) is 0. The zero-order valence-corrected chi connectivity index (χ0v) is 9.07. The lowest BCUT2D eigenvalue weighted by Gasteiger charge is -2.28. The molecule has 0 aromatic heterocycles. The highest BCUT2D eigenvalue weighted by Gasteiger charge is 2.16. The molecule has 1 aliphatic heterocycles. The summed E-state index contributed by atoms with van der Waals surface area (Å²) in [6, 6.07) is 2.36. The summed E-state index contributed by atoms with van der Waals surface area (Å²) in [5.74, 6) is 0.114. The minimum absolute atomic E-state index is 0.114. The van der Waals surface area contributed by atoms with Crippen molar-refractivity contribution in [1.29, 1.82) is 5.26 Å². The van der Waals surface area contributed by atoms with Gasteiger partial charge in [0.1, 0.15) is 0 Å². The number of morpholine rings is 1. The molecule has 1 rings (SSSR count). The Kier molecular flexibility index (Phi) is 4.88. The monoisotopic (exact) mass is 197 g/mol. The maximum absolute atomic E-state index is 8.97. The van der Waals surface area contributed by atoms with E-state index in [1.807, 2.05) is 14.1 Å². The molecule has 0 aromatic carbocycles. The minimum Gasteiger partial charge on any atom is -0.379 e. The molecule has 14 heavy (non-hydrogen) atoms. The first-order valence-electron chi connectivity index (χ1n) is 5.07. The highest BCUT2D eigenvalue weighted by molar-refractivity contribution is 4.87. The summed E-state index contributed by atoms with van der Waals surface area (Å²) in [7, 11) is 4.01. The second-order valence-corrected chi connectivity index (χ2v) is 4.00. The second kappa shape index (κ2) is 5.97. The van der Waals surface area contributed by atoms with E-state index < -0.39 is 0 Å². The van der Waals surface area contributed by atoms with E-state index in [9.17, 15) is 0 Å². The van der Waals surface area contributed by atoms with Crippen molar-refractivity contribution in [2.75, 3.05) is 53.5 Å². The highest BCUT2D eigenvalue weighted by Crippen LogP contribution is 2.04. The van der Waals surface area contributed by atoms with E-state index in [1.54, 1.807) is 0 Å². The molecule has 80 valence electrons. The maximum Gasteiger partial charge on any atom is 0.0717 e. The first-order chi connectivity index (χ1) is 6.72. The average Bonchev–Trinajstić information content (AvgIpc) is 2.17. The van der Waals surface area contributed by atoms with Crippen molar-refractivity contribution in [3.63, 3.8) is 0 Å². The third-order valence-electron chi connectivity index (χ3n) is 2.35. The highest BCUT2D eigenvalue weighted by atomic mass is 16.5. The van der Waals surface area contributed by atoms with Crippen LogP contribution in [-0.2, 0) is 4.74 Å². The van der Waals surface area contributed by atoms with Gasteiger partial charge in [-0.25, -0.2) is 0 Å². The van der Waals surface area contributed by atoms with Gasteiger partial charge in [-0.3, -0.25) is 4.90 Å². The van der Waals surface area contributed by atoms with Crippen molar-refractivity contribution >= 4 is 0 Å². The summed E-state index contributed by atoms with van der Waals surface area (Å²) in [6.07, 6.45) is 0. The molecule has 0 bridgehead atoms.